The summed E-state index contributed by atoms with van der Waals surface area (Å²) in [4.78, 5) is 8.00. The minimum atomic E-state index is 0.435. The number of nitrogens with zero attached hydrogens (tertiary/aromatic N) is 3. The Kier molecular flexibility index (Phi) is 5.50. The molecule has 0 saturated heterocycles. The summed E-state index contributed by atoms with van der Waals surface area (Å²) in [5.74, 6) is 0. The summed E-state index contributed by atoms with van der Waals surface area (Å²) in [6.45, 7) is 2.62. The molecule has 0 saturated carbocycles. The van der Waals surface area contributed by atoms with Gasteiger partial charge in [-0.25, -0.2) is 4.98 Å². The monoisotopic (exact) mass is 267 g/mol. The van der Waals surface area contributed by atoms with Crippen LogP contribution in [0.3, 0.4) is 0 Å². The van der Waals surface area contributed by atoms with E-state index in [1.807, 2.05) is 24.4 Å². The minimum Gasteiger partial charge on any atom is -0.385 e. The van der Waals surface area contributed by atoms with E-state index >= 15 is 0 Å². The first kappa shape index (κ1) is 14.0. The van der Waals surface area contributed by atoms with Gasteiger partial charge in [-0.05, 0) is 36.7 Å². The molecule has 0 aliphatic heterocycles. The Bertz CT molecular complexity index is 562. The maximum absolute atomic E-state index is 8.76. The molecule has 0 spiro atoms. The van der Waals surface area contributed by atoms with Crippen molar-refractivity contribution >= 4 is 5.69 Å². The highest BCUT2D eigenvalue weighted by Crippen LogP contribution is 2.06. The van der Waals surface area contributed by atoms with E-state index in [0.717, 1.165) is 31.7 Å². The molecule has 0 atom stereocenters. The van der Waals surface area contributed by atoms with Crippen LogP contribution in [0.4, 0.5) is 5.69 Å². The lowest BCUT2D eigenvalue weighted by molar-refractivity contribution is 0.662. The third kappa shape index (κ3) is 4.67. The summed E-state index contributed by atoms with van der Waals surface area (Å²) >= 11 is 0. The van der Waals surface area contributed by atoms with Gasteiger partial charge in [0.15, 0.2) is 0 Å². The summed E-state index contributed by atoms with van der Waals surface area (Å²) in [5, 5.41) is 15.4. The fraction of sp³-hybridized carbons (Fsp3) is 0.267. The van der Waals surface area contributed by atoms with Gasteiger partial charge in [0.25, 0.3) is 0 Å². The summed E-state index contributed by atoms with van der Waals surface area (Å²) in [5.41, 5.74) is 2.56. The number of nitrogens with one attached hydrogen (secondary N) is 2. The van der Waals surface area contributed by atoms with Crippen molar-refractivity contribution in [3.8, 4) is 6.07 Å². The first-order valence-corrected chi connectivity index (χ1v) is 6.58. The summed E-state index contributed by atoms with van der Waals surface area (Å²) in [6.07, 6.45) is 6.29. The largest absolute Gasteiger partial charge is 0.385 e. The fourth-order valence-electron chi connectivity index (χ4n) is 1.78. The quantitative estimate of drug-likeness (QED) is 0.750. The van der Waals surface area contributed by atoms with Crippen LogP contribution in [-0.2, 0) is 6.54 Å². The van der Waals surface area contributed by atoms with Crippen molar-refractivity contribution in [1.82, 2.24) is 15.3 Å². The van der Waals surface area contributed by atoms with Gasteiger partial charge in [0.05, 0.1) is 0 Å². The average Bonchev–Trinajstić information content (AvgIpc) is 2.52. The first-order chi connectivity index (χ1) is 9.88. The lowest BCUT2D eigenvalue weighted by Gasteiger charge is -2.07. The topological polar surface area (TPSA) is 73.6 Å². The molecule has 2 heterocycles. The van der Waals surface area contributed by atoms with E-state index in [2.05, 4.69) is 26.7 Å². The molecule has 5 nitrogen and oxygen atoms in total. The highest BCUT2D eigenvalue weighted by molar-refractivity contribution is 5.45. The Labute approximate surface area is 118 Å². The van der Waals surface area contributed by atoms with Crippen LogP contribution in [0.15, 0.2) is 42.9 Å². The number of nitriles is 1. The molecule has 0 aromatic carbocycles. The molecule has 0 unspecified atom stereocenters. The second kappa shape index (κ2) is 7.87. The van der Waals surface area contributed by atoms with E-state index < -0.39 is 0 Å². The summed E-state index contributed by atoms with van der Waals surface area (Å²) in [6, 6.07) is 9.64. The molecule has 0 amide bonds. The van der Waals surface area contributed by atoms with E-state index in [1.54, 1.807) is 18.5 Å². The zero-order valence-electron chi connectivity index (χ0n) is 11.2. The molecule has 2 rings (SSSR count). The molecule has 5 heteroatoms. The van der Waals surface area contributed by atoms with Gasteiger partial charge < -0.3 is 10.6 Å². The molecule has 0 fully saturated rings. The maximum Gasteiger partial charge on any atom is 0.142 e. The lowest BCUT2D eigenvalue weighted by Crippen LogP contribution is -2.17. The van der Waals surface area contributed by atoms with Crippen molar-refractivity contribution in [3.05, 3.63) is 54.1 Å². The second-order valence-electron chi connectivity index (χ2n) is 4.36. The number of hydrogen-bond acceptors (Lipinski definition) is 5. The third-order valence-corrected chi connectivity index (χ3v) is 2.79. The van der Waals surface area contributed by atoms with Gasteiger partial charge >= 0.3 is 0 Å². The molecular formula is C15H17N5. The molecular weight excluding hydrogens is 250 g/mol. The fourth-order valence-corrected chi connectivity index (χ4v) is 1.78. The zero-order valence-corrected chi connectivity index (χ0v) is 11.2. The van der Waals surface area contributed by atoms with Crippen molar-refractivity contribution in [1.29, 1.82) is 5.26 Å². The van der Waals surface area contributed by atoms with Crippen LogP contribution in [0.1, 0.15) is 17.7 Å². The van der Waals surface area contributed by atoms with E-state index in [-0.39, 0.29) is 0 Å². The molecule has 0 aliphatic carbocycles. The van der Waals surface area contributed by atoms with Crippen molar-refractivity contribution < 1.29 is 0 Å². The van der Waals surface area contributed by atoms with Gasteiger partial charge in [-0.2, -0.15) is 5.26 Å². The minimum absolute atomic E-state index is 0.435. The molecule has 2 aromatic rings. The van der Waals surface area contributed by atoms with Crippen LogP contribution in [0.2, 0.25) is 0 Å². The Morgan fingerprint density at radius 2 is 2.15 bits per heavy atom. The molecule has 0 radical (unpaired) electrons. The summed E-state index contributed by atoms with van der Waals surface area (Å²) < 4.78 is 0. The van der Waals surface area contributed by atoms with Crippen molar-refractivity contribution in [2.45, 2.75) is 13.0 Å². The van der Waals surface area contributed by atoms with Crippen molar-refractivity contribution in [2.24, 2.45) is 0 Å². The Morgan fingerprint density at radius 3 is 2.95 bits per heavy atom. The Hall–Kier alpha value is -2.45. The molecule has 2 aromatic heterocycles. The number of rotatable bonds is 7. The number of anilines is 1. The van der Waals surface area contributed by atoms with Crippen LogP contribution in [0.25, 0.3) is 0 Å². The van der Waals surface area contributed by atoms with Crippen LogP contribution in [0, 0.1) is 11.3 Å². The van der Waals surface area contributed by atoms with Crippen LogP contribution < -0.4 is 10.6 Å². The number of hydrogen-bond donors (Lipinski definition) is 2. The predicted molar refractivity (Wildman–Crippen MR) is 78.0 cm³/mol. The van der Waals surface area contributed by atoms with E-state index in [9.17, 15) is 0 Å². The van der Waals surface area contributed by atoms with Gasteiger partial charge in [0.2, 0.25) is 0 Å². The smallest absolute Gasteiger partial charge is 0.142 e. The molecule has 20 heavy (non-hydrogen) atoms. The third-order valence-electron chi connectivity index (χ3n) is 2.79. The van der Waals surface area contributed by atoms with Gasteiger partial charge in [0, 0.05) is 37.4 Å². The highest BCUT2D eigenvalue weighted by Gasteiger charge is 1.96. The van der Waals surface area contributed by atoms with Gasteiger partial charge in [0.1, 0.15) is 11.8 Å². The number of aromatic nitrogens is 2. The first-order valence-electron chi connectivity index (χ1n) is 6.58. The van der Waals surface area contributed by atoms with Crippen LogP contribution >= 0.6 is 0 Å². The van der Waals surface area contributed by atoms with Gasteiger partial charge in [-0.1, -0.05) is 6.07 Å². The lowest BCUT2D eigenvalue weighted by atomic mass is 10.3. The molecule has 102 valence electrons. The van der Waals surface area contributed by atoms with E-state index in [1.165, 1.54) is 5.56 Å². The van der Waals surface area contributed by atoms with E-state index in [0.29, 0.717) is 5.69 Å². The zero-order chi connectivity index (χ0) is 14.0. The normalized spacial score (nSPS) is 9.95. The van der Waals surface area contributed by atoms with Crippen molar-refractivity contribution in [3.63, 3.8) is 0 Å². The number of pyridine rings is 2. The van der Waals surface area contributed by atoms with Crippen LogP contribution in [0.5, 0.6) is 0 Å². The molecule has 0 aliphatic rings. The average molecular weight is 267 g/mol. The Balaban J connectivity index is 1.61. The molecule has 0 bridgehead atoms. The highest BCUT2D eigenvalue weighted by atomic mass is 14.9. The van der Waals surface area contributed by atoms with Gasteiger partial charge in [-0.15, -0.1) is 0 Å². The van der Waals surface area contributed by atoms with E-state index in [4.69, 9.17) is 5.26 Å². The maximum atomic E-state index is 8.76. The SMILES string of the molecule is N#Cc1cc(NCCCNCc2cccnc2)ccn1. The summed E-state index contributed by atoms with van der Waals surface area (Å²) in [7, 11) is 0. The standard InChI is InChI=1S/C15H17N5/c16-10-15-9-14(4-8-20-15)19-7-2-6-18-12-13-3-1-5-17-11-13/h1,3-5,8-9,11,18H,2,6-7,12H2,(H,19,20). The second-order valence-corrected chi connectivity index (χ2v) is 4.36. The van der Waals surface area contributed by atoms with Crippen molar-refractivity contribution in [2.75, 3.05) is 18.4 Å². The molecule has 2 N–H and O–H groups in total. The predicted octanol–water partition coefficient (Wildman–Crippen LogP) is 1.94. The van der Waals surface area contributed by atoms with Crippen LogP contribution in [-0.4, -0.2) is 23.1 Å². The van der Waals surface area contributed by atoms with Gasteiger partial charge in [-0.3, -0.25) is 4.98 Å². The Morgan fingerprint density at radius 1 is 1.20 bits per heavy atom.